The molecule has 0 spiro atoms. The smallest absolute Gasteiger partial charge is 0.274 e. The highest BCUT2D eigenvalue weighted by Crippen LogP contribution is 2.11. The number of aryl methyl sites for hydroxylation is 1. The van der Waals surface area contributed by atoms with Gasteiger partial charge in [0.1, 0.15) is 5.69 Å². The lowest BCUT2D eigenvalue weighted by Gasteiger charge is -2.08. The normalized spacial score (nSPS) is 10.2. The van der Waals surface area contributed by atoms with Gasteiger partial charge in [-0.3, -0.25) is 19.6 Å². The third kappa shape index (κ3) is 4.51. The van der Waals surface area contributed by atoms with Crippen molar-refractivity contribution in [3.05, 3.63) is 89.5 Å². The Balaban J connectivity index is 1.66. The summed E-state index contributed by atoms with van der Waals surface area (Å²) in [4.78, 5) is 32.6. The number of pyridine rings is 2. The van der Waals surface area contributed by atoms with E-state index in [0.717, 1.165) is 11.1 Å². The minimum atomic E-state index is -0.363. The average Bonchev–Trinajstić information content (AvgIpc) is 2.69. The number of hydrogen-bond acceptors (Lipinski definition) is 4. The monoisotopic (exact) mass is 346 g/mol. The Morgan fingerprint density at radius 3 is 2.38 bits per heavy atom. The van der Waals surface area contributed by atoms with Crippen molar-refractivity contribution >= 4 is 17.5 Å². The Morgan fingerprint density at radius 1 is 0.923 bits per heavy atom. The van der Waals surface area contributed by atoms with E-state index in [1.54, 1.807) is 18.5 Å². The predicted molar refractivity (Wildman–Crippen MR) is 98.8 cm³/mol. The molecule has 26 heavy (non-hydrogen) atoms. The molecule has 0 aliphatic carbocycles. The third-order valence-corrected chi connectivity index (χ3v) is 3.77. The van der Waals surface area contributed by atoms with Gasteiger partial charge in [-0.2, -0.15) is 0 Å². The fourth-order valence-electron chi connectivity index (χ4n) is 2.31. The number of nitrogens with one attached hydrogen (secondary N) is 2. The van der Waals surface area contributed by atoms with Crippen LogP contribution in [0.4, 0.5) is 5.69 Å². The van der Waals surface area contributed by atoms with Gasteiger partial charge < -0.3 is 10.6 Å². The highest BCUT2D eigenvalue weighted by atomic mass is 16.2. The van der Waals surface area contributed by atoms with Crippen molar-refractivity contribution in [2.45, 2.75) is 13.5 Å². The van der Waals surface area contributed by atoms with Crippen molar-refractivity contribution in [3.63, 3.8) is 0 Å². The number of hydrogen-bond donors (Lipinski definition) is 2. The number of amides is 2. The van der Waals surface area contributed by atoms with E-state index < -0.39 is 0 Å². The number of anilines is 1. The predicted octanol–water partition coefficient (Wildman–Crippen LogP) is 2.97. The van der Waals surface area contributed by atoms with Crippen LogP contribution in [0.15, 0.2) is 67.1 Å². The van der Waals surface area contributed by atoms with Crippen LogP contribution in [-0.4, -0.2) is 21.8 Å². The maximum absolute atomic E-state index is 12.3. The highest BCUT2D eigenvalue weighted by Gasteiger charge is 2.12. The first-order valence-electron chi connectivity index (χ1n) is 8.13. The summed E-state index contributed by atoms with van der Waals surface area (Å²) in [6.07, 6.45) is 4.79. The van der Waals surface area contributed by atoms with Gasteiger partial charge in [0.2, 0.25) is 0 Å². The van der Waals surface area contributed by atoms with Crippen LogP contribution >= 0.6 is 0 Å². The van der Waals surface area contributed by atoms with Crippen LogP contribution in [0.2, 0.25) is 0 Å². The van der Waals surface area contributed by atoms with Crippen molar-refractivity contribution in [1.82, 2.24) is 15.3 Å². The van der Waals surface area contributed by atoms with Gasteiger partial charge in [0.15, 0.2) is 0 Å². The van der Waals surface area contributed by atoms with E-state index in [4.69, 9.17) is 0 Å². The molecule has 6 nitrogen and oxygen atoms in total. The SMILES string of the molecule is Cc1ccc(NC(=O)c2cc(C(=O)NCc3ccncc3)ccn2)cc1. The van der Waals surface area contributed by atoms with E-state index in [1.165, 1.54) is 12.3 Å². The van der Waals surface area contributed by atoms with Gasteiger partial charge in [-0.25, -0.2) is 0 Å². The summed E-state index contributed by atoms with van der Waals surface area (Å²) in [5.41, 5.74) is 3.29. The number of rotatable bonds is 5. The average molecular weight is 346 g/mol. The van der Waals surface area contributed by atoms with Gasteiger partial charge in [-0.05, 0) is 48.9 Å². The number of carbonyl (C=O) groups excluding carboxylic acids is 2. The van der Waals surface area contributed by atoms with E-state index >= 15 is 0 Å². The third-order valence-electron chi connectivity index (χ3n) is 3.77. The van der Waals surface area contributed by atoms with E-state index in [9.17, 15) is 9.59 Å². The Morgan fingerprint density at radius 2 is 1.65 bits per heavy atom. The van der Waals surface area contributed by atoms with E-state index in [2.05, 4.69) is 20.6 Å². The molecule has 3 aromatic rings. The Bertz CT molecular complexity index is 909. The molecule has 6 heteroatoms. The van der Waals surface area contributed by atoms with Crippen LogP contribution in [0.3, 0.4) is 0 Å². The van der Waals surface area contributed by atoms with Gasteiger partial charge in [0.25, 0.3) is 11.8 Å². The molecule has 0 atom stereocenters. The molecule has 0 saturated heterocycles. The molecular formula is C20H18N4O2. The van der Waals surface area contributed by atoms with Crippen molar-refractivity contribution in [1.29, 1.82) is 0 Å². The molecule has 0 unspecified atom stereocenters. The molecule has 0 radical (unpaired) electrons. The maximum atomic E-state index is 12.3. The molecule has 2 aromatic heterocycles. The Hall–Kier alpha value is -3.54. The van der Waals surface area contributed by atoms with Gasteiger partial charge in [-0.15, -0.1) is 0 Å². The Kier molecular flexibility index (Phi) is 5.34. The fraction of sp³-hybridized carbons (Fsp3) is 0.100. The summed E-state index contributed by atoms with van der Waals surface area (Å²) in [7, 11) is 0. The van der Waals surface area contributed by atoms with E-state index in [0.29, 0.717) is 17.8 Å². The van der Waals surface area contributed by atoms with Crippen LogP contribution in [0.5, 0.6) is 0 Å². The summed E-state index contributed by atoms with van der Waals surface area (Å²) in [6.45, 7) is 2.36. The van der Waals surface area contributed by atoms with Crippen LogP contribution in [0, 0.1) is 6.92 Å². The van der Waals surface area contributed by atoms with E-state index in [-0.39, 0.29) is 17.5 Å². The van der Waals surface area contributed by atoms with Gasteiger partial charge in [0.05, 0.1) is 0 Å². The molecule has 130 valence electrons. The zero-order valence-corrected chi connectivity index (χ0v) is 14.3. The lowest BCUT2D eigenvalue weighted by molar-refractivity contribution is 0.0950. The van der Waals surface area contributed by atoms with Crippen molar-refractivity contribution in [2.75, 3.05) is 5.32 Å². The summed E-state index contributed by atoms with van der Waals surface area (Å²) in [6, 6.07) is 14.2. The van der Waals surface area contributed by atoms with Gasteiger partial charge in [-0.1, -0.05) is 17.7 Å². The zero-order chi connectivity index (χ0) is 18.4. The molecule has 2 N–H and O–H groups in total. The topological polar surface area (TPSA) is 84.0 Å². The second kappa shape index (κ2) is 8.02. The molecule has 2 amide bonds. The van der Waals surface area contributed by atoms with Crippen molar-refractivity contribution in [2.24, 2.45) is 0 Å². The van der Waals surface area contributed by atoms with Crippen LogP contribution in [-0.2, 0) is 6.54 Å². The van der Waals surface area contributed by atoms with E-state index in [1.807, 2.05) is 43.3 Å². The second-order valence-electron chi connectivity index (χ2n) is 5.79. The summed E-state index contributed by atoms with van der Waals surface area (Å²) < 4.78 is 0. The lowest BCUT2D eigenvalue weighted by Crippen LogP contribution is -2.23. The molecule has 0 fully saturated rings. The quantitative estimate of drug-likeness (QED) is 0.744. The lowest BCUT2D eigenvalue weighted by atomic mass is 10.2. The standard InChI is InChI=1S/C20H18N4O2/c1-14-2-4-17(5-3-14)24-20(26)18-12-16(8-11-22-18)19(25)23-13-15-6-9-21-10-7-15/h2-12H,13H2,1H3,(H,23,25)(H,24,26). The highest BCUT2D eigenvalue weighted by molar-refractivity contribution is 6.04. The van der Waals surface area contributed by atoms with Crippen LogP contribution in [0.25, 0.3) is 0 Å². The first-order valence-corrected chi connectivity index (χ1v) is 8.13. The molecule has 0 aliphatic heterocycles. The second-order valence-corrected chi connectivity index (χ2v) is 5.79. The van der Waals surface area contributed by atoms with Crippen molar-refractivity contribution in [3.8, 4) is 0 Å². The largest absolute Gasteiger partial charge is 0.348 e. The first kappa shape index (κ1) is 17.3. The zero-order valence-electron chi connectivity index (χ0n) is 14.3. The molecule has 3 rings (SSSR count). The molecular weight excluding hydrogens is 328 g/mol. The maximum Gasteiger partial charge on any atom is 0.274 e. The number of aromatic nitrogens is 2. The molecule has 0 saturated carbocycles. The van der Waals surface area contributed by atoms with Gasteiger partial charge >= 0.3 is 0 Å². The molecule has 0 bridgehead atoms. The summed E-state index contributed by atoms with van der Waals surface area (Å²) >= 11 is 0. The summed E-state index contributed by atoms with van der Waals surface area (Å²) in [5.74, 6) is -0.633. The molecule has 2 heterocycles. The number of carbonyl (C=O) groups is 2. The molecule has 0 aliphatic rings. The Labute approximate surface area is 151 Å². The van der Waals surface area contributed by atoms with Crippen LogP contribution in [0.1, 0.15) is 32.0 Å². The summed E-state index contributed by atoms with van der Waals surface area (Å²) in [5, 5.41) is 5.58. The number of benzene rings is 1. The fourth-order valence-corrected chi connectivity index (χ4v) is 2.31. The van der Waals surface area contributed by atoms with Gasteiger partial charge in [0, 0.05) is 36.4 Å². The van der Waals surface area contributed by atoms with Crippen molar-refractivity contribution < 1.29 is 9.59 Å². The molecule has 1 aromatic carbocycles. The number of nitrogens with zero attached hydrogens (tertiary/aromatic N) is 2. The first-order chi connectivity index (χ1) is 12.6. The van der Waals surface area contributed by atoms with Crippen LogP contribution < -0.4 is 10.6 Å². The minimum absolute atomic E-state index is 0.183. The minimum Gasteiger partial charge on any atom is -0.348 e.